The zero-order chi connectivity index (χ0) is 19.5. The molecule has 0 spiro atoms. The third-order valence-corrected chi connectivity index (χ3v) is 5.94. The van der Waals surface area contributed by atoms with Crippen molar-refractivity contribution in [3.8, 4) is 11.3 Å². The fraction of sp³-hybridized carbons (Fsp3) is 0.0769. The van der Waals surface area contributed by atoms with Crippen LogP contribution in [0, 0.1) is 13.8 Å². The Bertz CT molecular complexity index is 1570. The van der Waals surface area contributed by atoms with Gasteiger partial charge in [-0.15, -0.1) is 0 Å². The minimum Gasteiger partial charge on any atom is -0.299 e. The first-order valence-electron chi connectivity index (χ1n) is 9.85. The van der Waals surface area contributed by atoms with E-state index in [0.29, 0.717) is 0 Å². The van der Waals surface area contributed by atoms with Crippen LogP contribution in [-0.2, 0) is 0 Å². The first kappa shape index (κ1) is 16.3. The van der Waals surface area contributed by atoms with Crippen LogP contribution in [0.4, 0.5) is 0 Å². The van der Waals surface area contributed by atoms with Gasteiger partial charge in [0.2, 0.25) is 0 Å². The van der Waals surface area contributed by atoms with Gasteiger partial charge in [0.1, 0.15) is 5.65 Å². The molecule has 138 valence electrons. The maximum absolute atomic E-state index is 4.97. The minimum atomic E-state index is 1.000. The predicted octanol–water partition coefficient (Wildman–Crippen LogP) is 6.47. The molecule has 3 heterocycles. The number of nitrogens with zero attached hydrogens (tertiary/aromatic N) is 3. The van der Waals surface area contributed by atoms with Gasteiger partial charge in [-0.05, 0) is 71.5 Å². The first-order chi connectivity index (χ1) is 14.2. The molecular formula is C26H19N3. The van der Waals surface area contributed by atoms with Crippen molar-refractivity contribution in [2.75, 3.05) is 0 Å². The molecule has 0 N–H and O–H groups in total. The zero-order valence-corrected chi connectivity index (χ0v) is 16.3. The smallest absolute Gasteiger partial charge is 0.146 e. The van der Waals surface area contributed by atoms with E-state index in [0.717, 1.165) is 27.9 Å². The zero-order valence-electron chi connectivity index (χ0n) is 16.3. The van der Waals surface area contributed by atoms with Crippen molar-refractivity contribution in [2.24, 2.45) is 0 Å². The topological polar surface area (TPSA) is 30.2 Å². The molecule has 0 radical (unpaired) electrons. The van der Waals surface area contributed by atoms with Crippen molar-refractivity contribution in [1.82, 2.24) is 14.4 Å². The summed E-state index contributed by atoms with van der Waals surface area (Å²) in [6.07, 6.45) is 4.07. The van der Waals surface area contributed by atoms with E-state index in [2.05, 4.69) is 90.1 Å². The lowest BCUT2D eigenvalue weighted by atomic mass is 9.99. The molecular weight excluding hydrogens is 354 g/mol. The van der Waals surface area contributed by atoms with Gasteiger partial charge >= 0.3 is 0 Å². The molecule has 3 aromatic heterocycles. The average molecular weight is 373 g/mol. The van der Waals surface area contributed by atoms with Crippen LogP contribution >= 0.6 is 0 Å². The van der Waals surface area contributed by atoms with Crippen molar-refractivity contribution in [2.45, 2.75) is 13.8 Å². The molecule has 3 aromatic carbocycles. The van der Waals surface area contributed by atoms with E-state index >= 15 is 0 Å². The molecule has 0 saturated carbocycles. The van der Waals surface area contributed by atoms with Crippen LogP contribution in [0.5, 0.6) is 0 Å². The Labute approximate surface area is 168 Å². The number of imidazole rings is 1. The van der Waals surface area contributed by atoms with Crippen LogP contribution < -0.4 is 0 Å². The Kier molecular flexibility index (Phi) is 3.30. The molecule has 0 amide bonds. The number of fused-ring (bicyclic) bond motifs is 7. The molecule has 0 fully saturated rings. The Morgan fingerprint density at radius 3 is 2.52 bits per heavy atom. The summed E-state index contributed by atoms with van der Waals surface area (Å²) in [5.41, 5.74) is 7.76. The summed E-state index contributed by atoms with van der Waals surface area (Å²) in [7, 11) is 0. The minimum absolute atomic E-state index is 1.000. The van der Waals surface area contributed by atoms with Crippen LogP contribution in [0.3, 0.4) is 0 Å². The van der Waals surface area contributed by atoms with Gasteiger partial charge in [0.05, 0.1) is 16.7 Å². The molecule has 3 heteroatoms. The third-order valence-electron chi connectivity index (χ3n) is 5.94. The number of rotatable bonds is 1. The molecule has 0 saturated heterocycles. The van der Waals surface area contributed by atoms with E-state index in [-0.39, 0.29) is 0 Å². The Morgan fingerprint density at radius 1 is 0.793 bits per heavy atom. The summed E-state index contributed by atoms with van der Waals surface area (Å²) >= 11 is 0. The number of benzene rings is 3. The Morgan fingerprint density at radius 2 is 1.62 bits per heavy atom. The van der Waals surface area contributed by atoms with E-state index in [1.165, 1.54) is 32.7 Å². The Hall–Kier alpha value is -3.72. The summed E-state index contributed by atoms with van der Waals surface area (Å²) in [6.45, 7) is 4.23. The molecule has 0 unspecified atom stereocenters. The van der Waals surface area contributed by atoms with Crippen molar-refractivity contribution < 1.29 is 0 Å². The largest absolute Gasteiger partial charge is 0.299 e. The van der Waals surface area contributed by atoms with E-state index in [1.807, 2.05) is 12.3 Å². The molecule has 6 rings (SSSR count). The average Bonchev–Trinajstić information content (AvgIpc) is 3.14. The van der Waals surface area contributed by atoms with E-state index in [4.69, 9.17) is 4.98 Å². The van der Waals surface area contributed by atoms with Gasteiger partial charge in [-0.3, -0.25) is 9.38 Å². The second kappa shape index (κ2) is 5.89. The normalized spacial score (nSPS) is 11.8. The summed E-state index contributed by atoms with van der Waals surface area (Å²) in [6, 6.07) is 23.6. The molecule has 0 aliphatic heterocycles. The van der Waals surface area contributed by atoms with Gasteiger partial charge in [-0.2, -0.15) is 0 Å². The fourth-order valence-electron chi connectivity index (χ4n) is 4.19. The fourth-order valence-corrected chi connectivity index (χ4v) is 4.19. The molecule has 29 heavy (non-hydrogen) atoms. The Balaban J connectivity index is 1.73. The summed E-state index contributed by atoms with van der Waals surface area (Å²) in [4.78, 5) is 9.64. The molecule has 3 nitrogen and oxygen atoms in total. The highest BCUT2D eigenvalue weighted by Crippen LogP contribution is 2.33. The molecule has 0 bridgehead atoms. The highest BCUT2D eigenvalue weighted by molar-refractivity contribution is 6.15. The van der Waals surface area contributed by atoms with Gasteiger partial charge < -0.3 is 0 Å². The lowest BCUT2D eigenvalue weighted by Gasteiger charge is -2.09. The third kappa shape index (κ3) is 2.37. The molecule has 0 atom stereocenters. The van der Waals surface area contributed by atoms with Gasteiger partial charge in [0.15, 0.2) is 0 Å². The van der Waals surface area contributed by atoms with E-state index < -0.39 is 0 Å². The summed E-state index contributed by atoms with van der Waals surface area (Å²) in [5.74, 6) is 0. The standard InChI is InChI=1S/C26H19N3/c1-16-13-23(27-15-17(16)2)20-10-8-18-7-9-19-11-12-29-24-6-4-3-5-22(24)28-26(29)25(19)21(18)14-20/h3-15H,1-2H3. The van der Waals surface area contributed by atoms with Crippen LogP contribution in [0.2, 0.25) is 0 Å². The second-order valence-electron chi connectivity index (χ2n) is 7.73. The lowest BCUT2D eigenvalue weighted by molar-refractivity contribution is 1.22. The first-order valence-corrected chi connectivity index (χ1v) is 9.85. The van der Waals surface area contributed by atoms with Crippen LogP contribution in [0.1, 0.15) is 11.1 Å². The number of aryl methyl sites for hydroxylation is 2. The predicted molar refractivity (Wildman–Crippen MR) is 120 cm³/mol. The van der Waals surface area contributed by atoms with Crippen LogP contribution in [0.15, 0.2) is 79.1 Å². The molecule has 6 aromatic rings. The van der Waals surface area contributed by atoms with Crippen molar-refractivity contribution >= 4 is 38.2 Å². The van der Waals surface area contributed by atoms with E-state index in [1.54, 1.807) is 0 Å². The SMILES string of the molecule is Cc1cnc(-c2ccc3ccc4ccn5c6ccccc6nc5c4c3c2)cc1C. The van der Waals surface area contributed by atoms with Gasteiger partial charge in [-0.25, -0.2) is 4.98 Å². The highest BCUT2D eigenvalue weighted by atomic mass is 15.0. The number of para-hydroxylation sites is 2. The van der Waals surface area contributed by atoms with Crippen molar-refractivity contribution in [1.29, 1.82) is 0 Å². The van der Waals surface area contributed by atoms with Crippen molar-refractivity contribution in [3.63, 3.8) is 0 Å². The monoisotopic (exact) mass is 373 g/mol. The number of hydrogen-bond acceptors (Lipinski definition) is 2. The second-order valence-corrected chi connectivity index (χ2v) is 7.73. The highest BCUT2D eigenvalue weighted by Gasteiger charge is 2.12. The van der Waals surface area contributed by atoms with Gasteiger partial charge in [0.25, 0.3) is 0 Å². The maximum atomic E-state index is 4.97. The number of pyridine rings is 2. The number of hydrogen-bond donors (Lipinski definition) is 0. The number of aromatic nitrogens is 3. The summed E-state index contributed by atoms with van der Waals surface area (Å²) in [5, 5.41) is 4.81. The van der Waals surface area contributed by atoms with Gasteiger partial charge in [-0.1, -0.05) is 36.4 Å². The molecule has 0 aliphatic rings. The maximum Gasteiger partial charge on any atom is 0.146 e. The quantitative estimate of drug-likeness (QED) is 0.309. The van der Waals surface area contributed by atoms with Crippen molar-refractivity contribution in [3.05, 3.63) is 90.3 Å². The van der Waals surface area contributed by atoms with Gasteiger partial charge in [0, 0.05) is 23.3 Å². The van der Waals surface area contributed by atoms with Crippen LogP contribution in [0.25, 0.3) is 49.5 Å². The van der Waals surface area contributed by atoms with Crippen LogP contribution in [-0.4, -0.2) is 14.4 Å². The van der Waals surface area contributed by atoms with E-state index in [9.17, 15) is 0 Å². The lowest BCUT2D eigenvalue weighted by Crippen LogP contribution is -1.90. The summed E-state index contributed by atoms with van der Waals surface area (Å²) < 4.78 is 2.19. The molecule has 0 aliphatic carbocycles.